The maximum atomic E-state index is 11.6. The molecule has 1 rings (SSSR count). The number of likely N-dealkylation sites (N-methyl/N-ethyl adjacent to an activating group) is 1. The minimum atomic E-state index is -0.110. The number of nitrogens with zero attached hydrogens (tertiary/aromatic N) is 1. The zero-order valence-corrected chi connectivity index (χ0v) is 11.5. The fourth-order valence-electron chi connectivity index (χ4n) is 1.44. The minimum Gasteiger partial charge on any atom is -0.347 e. The zero-order chi connectivity index (χ0) is 12.7. The number of hydrogen-bond acceptors (Lipinski definition) is 3. The SMILES string of the molecule is CC(NCCSc1ccccc1)C(=O)N(C)C. The van der Waals surface area contributed by atoms with E-state index in [4.69, 9.17) is 0 Å². The predicted octanol–water partition coefficient (Wildman–Crippen LogP) is 1.84. The second kappa shape index (κ2) is 7.35. The van der Waals surface area contributed by atoms with Crippen molar-refractivity contribution in [2.24, 2.45) is 0 Å². The van der Waals surface area contributed by atoms with Crippen molar-refractivity contribution in [3.8, 4) is 0 Å². The van der Waals surface area contributed by atoms with Gasteiger partial charge in [-0.25, -0.2) is 0 Å². The summed E-state index contributed by atoms with van der Waals surface area (Å²) in [4.78, 5) is 14.4. The zero-order valence-electron chi connectivity index (χ0n) is 10.6. The molecular formula is C13H20N2OS. The van der Waals surface area contributed by atoms with Gasteiger partial charge in [-0.05, 0) is 19.1 Å². The molecule has 0 spiro atoms. The first-order valence-electron chi connectivity index (χ1n) is 5.73. The Bertz CT molecular complexity index is 341. The summed E-state index contributed by atoms with van der Waals surface area (Å²) in [5, 5.41) is 3.22. The molecule has 0 aliphatic rings. The highest BCUT2D eigenvalue weighted by molar-refractivity contribution is 7.99. The van der Waals surface area contributed by atoms with Gasteiger partial charge >= 0.3 is 0 Å². The molecule has 0 aromatic heterocycles. The Morgan fingerprint density at radius 3 is 2.59 bits per heavy atom. The largest absolute Gasteiger partial charge is 0.347 e. The molecule has 94 valence electrons. The van der Waals surface area contributed by atoms with E-state index in [1.165, 1.54) is 4.90 Å². The lowest BCUT2D eigenvalue weighted by atomic mass is 10.3. The van der Waals surface area contributed by atoms with Crippen LogP contribution in [0.15, 0.2) is 35.2 Å². The number of hydrogen-bond donors (Lipinski definition) is 1. The standard InChI is InChI=1S/C13H20N2OS/c1-11(13(16)15(2)3)14-9-10-17-12-7-5-4-6-8-12/h4-8,11,14H,9-10H2,1-3H3. The summed E-state index contributed by atoms with van der Waals surface area (Å²) in [6.45, 7) is 2.73. The molecule has 0 radical (unpaired) electrons. The molecule has 0 saturated heterocycles. The lowest BCUT2D eigenvalue weighted by Gasteiger charge is -2.17. The van der Waals surface area contributed by atoms with E-state index in [-0.39, 0.29) is 11.9 Å². The number of thioether (sulfide) groups is 1. The Balaban J connectivity index is 2.18. The van der Waals surface area contributed by atoms with Gasteiger partial charge in [0.25, 0.3) is 0 Å². The minimum absolute atomic E-state index is 0.110. The van der Waals surface area contributed by atoms with Crippen molar-refractivity contribution >= 4 is 17.7 Å². The van der Waals surface area contributed by atoms with Crippen LogP contribution >= 0.6 is 11.8 Å². The van der Waals surface area contributed by atoms with Crippen LogP contribution in [0.1, 0.15) is 6.92 Å². The van der Waals surface area contributed by atoms with E-state index in [1.807, 2.05) is 25.1 Å². The summed E-state index contributed by atoms with van der Waals surface area (Å²) in [6.07, 6.45) is 0. The molecule has 0 aliphatic heterocycles. The summed E-state index contributed by atoms with van der Waals surface area (Å²) >= 11 is 1.80. The quantitative estimate of drug-likeness (QED) is 0.619. The van der Waals surface area contributed by atoms with E-state index in [0.29, 0.717) is 0 Å². The van der Waals surface area contributed by atoms with Crippen molar-refractivity contribution in [1.82, 2.24) is 10.2 Å². The Hall–Kier alpha value is -1.00. The van der Waals surface area contributed by atoms with Crippen molar-refractivity contribution < 1.29 is 4.79 Å². The molecule has 3 nitrogen and oxygen atoms in total. The lowest BCUT2D eigenvalue weighted by Crippen LogP contribution is -2.42. The van der Waals surface area contributed by atoms with E-state index >= 15 is 0 Å². The summed E-state index contributed by atoms with van der Waals surface area (Å²) in [7, 11) is 3.55. The predicted molar refractivity (Wildman–Crippen MR) is 73.3 cm³/mol. The van der Waals surface area contributed by atoms with Crippen molar-refractivity contribution in [1.29, 1.82) is 0 Å². The molecule has 1 aromatic carbocycles. The van der Waals surface area contributed by atoms with Gasteiger partial charge in [0, 0.05) is 31.3 Å². The summed E-state index contributed by atoms with van der Waals surface area (Å²) in [5.74, 6) is 1.09. The van der Waals surface area contributed by atoms with Gasteiger partial charge in [0.1, 0.15) is 0 Å². The second-order valence-corrected chi connectivity index (χ2v) is 5.24. The van der Waals surface area contributed by atoms with Crippen LogP contribution in [0.3, 0.4) is 0 Å². The fraction of sp³-hybridized carbons (Fsp3) is 0.462. The first kappa shape index (κ1) is 14.1. The Kier molecular flexibility index (Phi) is 6.08. The van der Waals surface area contributed by atoms with Crippen molar-refractivity contribution in [3.63, 3.8) is 0 Å². The van der Waals surface area contributed by atoms with Crippen LogP contribution in [0.4, 0.5) is 0 Å². The van der Waals surface area contributed by atoms with Gasteiger partial charge in [0.2, 0.25) is 5.91 Å². The van der Waals surface area contributed by atoms with Gasteiger partial charge in [-0.1, -0.05) is 18.2 Å². The first-order valence-corrected chi connectivity index (χ1v) is 6.72. The van der Waals surface area contributed by atoms with E-state index in [9.17, 15) is 4.79 Å². The van der Waals surface area contributed by atoms with Gasteiger partial charge < -0.3 is 10.2 Å². The monoisotopic (exact) mass is 252 g/mol. The third-order valence-electron chi connectivity index (χ3n) is 2.38. The molecule has 1 aromatic rings. The molecule has 1 atom stereocenters. The summed E-state index contributed by atoms with van der Waals surface area (Å²) in [6, 6.07) is 10.2. The highest BCUT2D eigenvalue weighted by Crippen LogP contribution is 2.15. The molecular weight excluding hydrogens is 232 g/mol. The normalized spacial score (nSPS) is 12.2. The van der Waals surface area contributed by atoms with E-state index in [1.54, 1.807) is 30.8 Å². The number of nitrogens with one attached hydrogen (secondary N) is 1. The fourth-order valence-corrected chi connectivity index (χ4v) is 2.24. The summed E-state index contributed by atoms with van der Waals surface area (Å²) in [5.41, 5.74) is 0. The number of rotatable bonds is 6. The van der Waals surface area contributed by atoms with Gasteiger partial charge in [0.05, 0.1) is 6.04 Å². The first-order chi connectivity index (χ1) is 8.11. The highest BCUT2D eigenvalue weighted by Gasteiger charge is 2.12. The molecule has 0 aliphatic carbocycles. The molecule has 0 fully saturated rings. The molecule has 1 amide bonds. The van der Waals surface area contributed by atoms with Crippen LogP contribution in [0.5, 0.6) is 0 Å². The maximum Gasteiger partial charge on any atom is 0.238 e. The third-order valence-corrected chi connectivity index (χ3v) is 3.39. The van der Waals surface area contributed by atoms with Crippen molar-refractivity contribution in [3.05, 3.63) is 30.3 Å². The number of amides is 1. The average Bonchev–Trinajstić information content (AvgIpc) is 2.34. The van der Waals surface area contributed by atoms with Crippen LogP contribution in [0.25, 0.3) is 0 Å². The molecule has 4 heteroatoms. The van der Waals surface area contributed by atoms with Crippen LogP contribution < -0.4 is 5.32 Å². The number of benzene rings is 1. The van der Waals surface area contributed by atoms with E-state index in [0.717, 1.165) is 12.3 Å². The topological polar surface area (TPSA) is 32.3 Å². The Morgan fingerprint density at radius 1 is 1.35 bits per heavy atom. The van der Waals surface area contributed by atoms with Crippen molar-refractivity contribution in [2.45, 2.75) is 17.9 Å². The van der Waals surface area contributed by atoms with Gasteiger partial charge in [-0.15, -0.1) is 11.8 Å². The maximum absolute atomic E-state index is 11.6. The number of carbonyl (C=O) groups is 1. The smallest absolute Gasteiger partial charge is 0.238 e. The molecule has 0 saturated carbocycles. The molecule has 1 N–H and O–H groups in total. The van der Waals surface area contributed by atoms with Gasteiger partial charge in [0.15, 0.2) is 0 Å². The Morgan fingerprint density at radius 2 is 2.00 bits per heavy atom. The molecule has 0 heterocycles. The third kappa shape index (κ3) is 5.24. The average molecular weight is 252 g/mol. The van der Waals surface area contributed by atoms with E-state index < -0.39 is 0 Å². The molecule has 1 unspecified atom stereocenters. The van der Waals surface area contributed by atoms with Crippen LogP contribution in [-0.4, -0.2) is 43.2 Å². The van der Waals surface area contributed by atoms with Crippen LogP contribution in [0.2, 0.25) is 0 Å². The van der Waals surface area contributed by atoms with Gasteiger partial charge in [-0.2, -0.15) is 0 Å². The molecule has 0 bridgehead atoms. The van der Waals surface area contributed by atoms with Gasteiger partial charge in [-0.3, -0.25) is 4.79 Å². The molecule has 17 heavy (non-hydrogen) atoms. The van der Waals surface area contributed by atoms with Crippen LogP contribution in [-0.2, 0) is 4.79 Å². The second-order valence-electron chi connectivity index (χ2n) is 4.07. The van der Waals surface area contributed by atoms with Crippen LogP contribution in [0, 0.1) is 0 Å². The lowest BCUT2D eigenvalue weighted by molar-refractivity contribution is -0.130. The summed E-state index contributed by atoms with van der Waals surface area (Å²) < 4.78 is 0. The Labute approximate surface area is 108 Å². The van der Waals surface area contributed by atoms with E-state index in [2.05, 4.69) is 17.4 Å². The van der Waals surface area contributed by atoms with Crippen molar-refractivity contribution in [2.75, 3.05) is 26.4 Å². The highest BCUT2D eigenvalue weighted by atomic mass is 32.2. The number of carbonyl (C=O) groups excluding carboxylic acids is 1.